The monoisotopic (exact) mass is 455 g/mol. The molecule has 8 heteroatoms. The van der Waals surface area contributed by atoms with E-state index in [0.717, 1.165) is 11.1 Å². The van der Waals surface area contributed by atoms with E-state index in [1.54, 1.807) is 6.07 Å². The first kappa shape index (κ1) is 22.0. The van der Waals surface area contributed by atoms with Crippen molar-refractivity contribution in [1.29, 1.82) is 0 Å². The largest absolute Gasteiger partial charge is 0.493 e. The van der Waals surface area contributed by atoms with E-state index in [1.807, 2.05) is 48.5 Å². The second kappa shape index (κ2) is 9.50. The highest BCUT2D eigenvalue weighted by Crippen LogP contribution is 2.35. The maximum absolute atomic E-state index is 13.3. The molecular formula is C24H25NO6S. The molecule has 1 N–H and O–H groups in total. The third-order valence-corrected chi connectivity index (χ3v) is 6.68. The van der Waals surface area contributed by atoms with Crippen LogP contribution >= 0.6 is 0 Å². The van der Waals surface area contributed by atoms with Crippen LogP contribution in [0.15, 0.2) is 71.6 Å². The average molecular weight is 456 g/mol. The molecule has 0 saturated carbocycles. The van der Waals surface area contributed by atoms with Crippen LogP contribution in [0.1, 0.15) is 17.2 Å². The third-order valence-electron chi connectivity index (χ3n) is 5.21. The van der Waals surface area contributed by atoms with Gasteiger partial charge in [0.05, 0.1) is 25.2 Å². The number of methoxy groups -OCH3 is 2. The molecule has 1 aliphatic heterocycles. The lowest BCUT2D eigenvalue weighted by molar-refractivity contribution is 0.171. The maximum atomic E-state index is 13.3. The van der Waals surface area contributed by atoms with Gasteiger partial charge < -0.3 is 18.9 Å². The molecule has 32 heavy (non-hydrogen) atoms. The summed E-state index contributed by atoms with van der Waals surface area (Å²) in [7, 11) is -0.895. The van der Waals surface area contributed by atoms with Crippen LogP contribution in [-0.4, -0.2) is 35.9 Å². The Morgan fingerprint density at radius 3 is 2.31 bits per heavy atom. The number of fused-ring (bicyclic) bond motifs is 1. The van der Waals surface area contributed by atoms with Gasteiger partial charge in [0.1, 0.15) is 13.2 Å². The number of hydrogen-bond donors (Lipinski definition) is 1. The summed E-state index contributed by atoms with van der Waals surface area (Å²) in [6.07, 6.45) is 0.465. The van der Waals surface area contributed by atoms with E-state index in [9.17, 15) is 8.42 Å². The number of nitrogens with one attached hydrogen (secondary N) is 1. The van der Waals surface area contributed by atoms with E-state index in [4.69, 9.17) is 18.9 Å². The van der Waals surface area contributed by atoms with Crippen LogP contribution in [0.2, 0.25) is 0 Å². The topological polar surface area (TPSA) is 83.1 Å². The Hall–Kier alpha value is -3.23. The molecule has 0 bridgehead atoms. The molecule has 3 aromatic rings. The first-order valence-electron chi connectivity index (χ1n) is 10.2. The van der Waals surface area contributed by atoms with Crippen molar-refractivity contribution in [2.45, 2.75) is 17.4 Å². The van der Waals surface area contributed by atoms with Crippen molar-refractivity contribution in [2.75, 3.05) is 27.4 Å². The molecule has 4 rings (SSSR count). The molecule has 1 heterocycles. The van der Waals surface area contributed by atoms with Crippen molar-refractivity contribution in [1.82, 2.24) is 4.72 Å². The van der Waals surface area contributed by atoms with Crippen LogP contribution in [0.25, 0.3) is 0 Å². The highest BCUT2D eigenvalue weighted by atomic mass is 32.2. The molecule has 1 atom stereocenters. The van der Waals surface area contributed by atoms with Crippen molar-refractivity contribution in [2.24, 2.45) is 0 Å². The molecule has 168 valence electrons. The molecule has 0 radical (unpaired) electrons. The van der Waals surface area contributed by atoms with Gasteiger partial charge in [-0.05, 0) is 41.8 Å². The fourth-order valence-electron chi connectivity index (χ4n) is 3.59. The van der Waals surface area contributed by atoms with Gasteiger partial charge in [-0.15, -0.1) is 0 Å². The van der Waals surface area contributed by atoms with Gasteiger partial charge in [0, 0.05) is 6.07 Å². The summed E-state index contributed by atoms with van der Waals surface area (Å²) < 4.78 is 51.2. The minimum Gasteiger partial charge on any atom is -0.493 e. The van der Waals surface area contributed by atoms with E-state index in [1.165, 1.54) is 26.4 Å². The Balaban J connectivity index is 1.68. The summed E-state index contributed by atoms with van der Waals surface area (Å²) in [6.45, 7) is 0.947. The molecule has 0 saturated heterocycles. The Kier molecular flexibility index (Phi) is 6.53. The molecule has 0 spiro atoms. The SMILES string of the molecule is COc1ccc(S(=O)(=O)NC(Cc2ccccc2)c2ccc3c(c2)OCCO3)cc1OC. The van der Waals surface area contributed by atoms with Gasteiger partial charge in [0.25, 0.3) is 0 Å². The zero-order chi connectivity index (χ0) is 22.6. The highest BCUT2D eigenvalue weighted by molar-refractivity contribution is 7.89. The van der Waals surface area contributed by atoms with Crippen LogP contribution in [0.3, 0.4) is 0 Å². The summed E-state index contributed by atoms with van der Waals surface area (Å²) in [4.78, 5) is 0.0887. The predicted octanol–water partition coefficient (Wildman–Crippen LogP) is 3.74. The molecule has 3 aromatic carbocycles. The zero-order valence-corrected chi connectivity index (χ0v) is 18.7. The van der Waals surface area contributed by atoms with Gasteiger partial charge in [-0.2, -0.15) is 0 Å². The van der Waals surface area contributed by atoms with Crippen molar-refractivity contribution < 1.29 is 27.4 Å². The van der Waals surface area contributed by atoms with Crippen molar-refractivity contribution in [3.63, 3.8) is 0 Å². The molecule has 1 aliphatic rings. The van der Waals surface area contributed by atoms with E-state index in [-0.39, 0.29) is 4.90 Å². The smallest absolute Gasteiger partial charge is 0.241 e. The molecular weight excluding hydrogens is 430 g/mol. The number of hydrogen-bond acceptors (Lipinski definition) is 6. The average Bonchev–Trinajstić information content (AvgIpc) is 2.83. The van der Waals surface area contributed by atoms with Crippen LogP contribution in [0.4, 0.5) is 0 Å². The van der Waals surface area contributed by atoms with E-state index < -0.39 is 16.1 Å². The van der Waals surface area contributed by atoms with Crippen molar-refractivity contribution in [3.8, 4) is 23.0 Å². The molecule has 0 amide bonds. The third kappa shape index (κ3) is 4.81. The predicted molar refractivity (Wildman–Crippen MR) is 120 cm³/mol. The number of ether oxygens (including phenoxy) is 4. The molecule has 1 unspecified atom stereocenters. The van der Waals surface area contributed by atoms with Crippen LogP contribution in [-0.2, 0) is 16.4 Å². The standard InChI is InChI=1S/C24H25NO6S/c1-28-21-11-9-19(16-23(21)29-2)32(26,27)25-20(14-17-6-4-3-5-7-17)18-8-10-22-24(15-18)31-13-12-30-22/h3-11,15-16,20,25H,12-14H2,1-2H3. The Morgan fingerprint density at radius 2 is 1.59 bits per heavy atom. The normalized spacial score (nSPS) is 13.9. The second-order valence-corrected chi connectivity index (χ2v) is 9.00. The van der Waals surface area contributed by atoms with Crippen LogP contribution in [0.5, 0.6) is 23.0 Å². The highest BCUT2D eigenvalue weighted by Gasteiger charge is 2.25. The van der Waals surface area contributed by atoms with E-state index in [0.29, 0.717) is 42.6 Å². The molecule has 0 aromatic heterocycles. The molecule has 7 nitrogen and oxygen atoms in total. The lowest BCUT2D eigenvalue weighted by Crippen LogP contribution is -2.30. The van der Waals surface area contributed by atoms with Gasteiger partial charge in [-0.25, -0.2) is 13.1 Å². The van der Waals surface area contributed by atoms with Crippen molar-refractivity contribution >= 4 is 10.0 Å². The van der Waals surface area contributed by atoms with Gasteiger partial charge in [0.2, 0.25) is 10.0 Å². The zero-order valence-electron chi connectivity index (χ0n) is 17.9. The number of rotatable bonds is 8. The van der Waals surface area contributed by atoms with Gasteiger partial charge in [-0.1, -0.05) is 36.4 Å². The lowest BCUT2D eigenvalue weighted by Gasteiger charge is -2.23. The summed E-state index contributed by atoms with van der Waals surface area (Å²) in [5.74, 6) is 2.06. The molecule has 0 fully saturated rings. The minimum absolute atomic E-state index is 0.0887. The van der Waals surface area contributed by atoms with E-state index in [2.05, 4.69) is 4.72 Å². The summed E-state index contributed by atoms with van der Waals surface area (Å²) in [6, 6.07) is 19.2. The Morgan fingerprint density at radius 1 is 0.875 bits per heavy atom. The first-order chi connectivity index (χ1) is 15.5. The molecule has 0 aliphatic carbocycles. The van der Waals surface area contributed by atoms with Gasteiger partial charge in [-0.3, -0.25) is 0 Å². The fraction of sp³-hybridized carbons (Fsp3) is 0.250. The van der Waals surface area contributed by atoms with E-state index >= 15 is 0 Å². The fourth-order valence-corrected chi connectivity index (χ4v) is 4.83. The quantitative estimate of drug-likeness (QED) is 0.557. The van der Waals surface area contributed by atoms with Crippen LogP contribution < -0.4 is 23.7 Å². The summed E-state index contributed by atoms with van der Waals surface area (Å²) in [5, 5.41) is 0. The van der Waals surface area contributed by atoms with Crippen LogP contribution in [0, 0.1) is 0 Å². The number of benzene rings is 3. The summed E-state index contributed by atoms with van der Waals surface area (Å²) >= 11 is 0. The van der Waals surface area contributed by atoms with Crippen molar-refractivity contribution in [3.05, 3.63) is 77.9 Å². The number of sulfonamides is 1. The summed E-state index contributed by atoms with van der Waals surface area (Å²) in [5.41, 5.74) is 1.78. The second-order valence-electron chi connectivity index (χ2n) is 7.28. The Labute approximate surface area is 187 Å². The maximum Gasteiger partial charge on any atom is 0.241 e. The lowest BCUT2D eigenvalue weighted by atomic mass is 9.99. The first-order valence-corrected chi connectivity index (χ1v) is 11.7. The minimum atomic E-state index is -3.86. The van der Waals surface area contributed by atoms with Gasteiger partial charge in [0.15, 0.2) is 23.0 Å². The Bertz CT molecular complexity index is 1180. The van der Waals surface area contributed by atoms with Gasteiger partial charge >= 0.3 is 0 Å².